The molecule has 3 fully saturated rings. The first-order valence-electron chi connectivity index (χ1n) is 21.1. The number of nitrogens with one attached hydrogen (secondary N) is 2. The predicted octanol–water partition coefficient (Wildman–Crippen LogP) is 5.23. The molecular weight excluding hydrogens is 783 g/mol. The number of hydrazine groups is 1. The Hall–Kier alpha value is -6.93. The van der Waals surface area contributed by atoms with Crippen LogP contribution in [0.4, 0.5) is 5.82 Å². The van der Waals surface area contributed by atoms with Gasteiger partial charge in [-0.15, -0.1) is 6.58 Å². The highest BCUT2D eigenvalue weighted by molar-refractivity contribution is 5.98. The number of aromatic hydroxyl groups is 1. The van der Waals surface area contributed by atoms with E-state index in [9.17, 15) is 24.3 Å². The highest BCUT2D eigenvalue weighted by Crippen LogP contribution is 2.35. The minimum absolute atomic E-state index is 0.0307. The SMILES string of the molecule is C=CCN1CC(=O)N2[C@@H](Cc3ccc(O)cc3)C(=O)N(Cc3cccc4c(-c5ccc(NC(=O)C6CCN(C(C)=O)CC6)nc5)cn(C)c34)C[C@@H]2N1C(=C)NCc1ccccc1. The maximum absolute atomic E-state index is 14.8. The summed E-state index contributed by atoms with van der Waals surface area (Å²) >= 11 is 0. The lowest BCUT2D eigenvalue weighted by molar-refractivity contribution is -0.194. The summed E-state index contributed by atoms with van der Waals surface area (Å²) in [7, 11) is 1.99. The number of nitrogens with zero attached hydrogens (tertiary/aromatic N) is 7. The van der Waals surface area contributed by atoms with Crippen molar-refractivity contribution in [1.82, 2.24) is 39.6 Å². The van der Waals surface area contributed by atoms with Crippen LogP contribution < -0.4 is 10.6 Å². The van der Waals surface area contributed by atoms with Crippen molar-refractivity contribution in [2.24, 2.45) is 13.0 Å². The van der Waals surface area contributed by atoms with E-state index in [2.05, 4.69) is 45.6 Å². The van der Waals surface area contributed by atoms with Crippen LogP contribution in [0, 0.1) is 5.92 Å². The van der Waals surface area contributed by atoms with Gasteiger partial charge in [0.25, 0.3) is 0 Å². The standard InChI is InChI=1S/C48H53N9O5/c1-5-22-55-31-45(60)56-42(25-34-14-17-39(59)18-15-34)48(62)54(30-44(56)57(55)32(2)49-26-35-10-7-6-8-11-35)28-38-12-9-13-40-41(29-52(4)46(38)40)37-16-19-43(50-27-37)51-47(61)36-20-23-53(24-21-36)33(3)58/h5-19,27,29,36,42,44,49,59H,1-2,20-26,28,30-31H2,3-4H3,(H,50,51,61)/t42-,44-/m0/s1. The molecule has 2 aromatic heterocycles. The van der Waals surface area contributed by atoms with E-state index in [1.807, 2.05) is 76.6 Å². The number of phenolic OH excluding ortho intramolecular Hbond substituents is 1. The number of hydrogen-bond donors (Lipinski definition) is 3. The van der Waals surface area contributed by atoms with Crippen molar-refractivity contribution in [2.75, 3.05) is 38.0 Å². The van der Waals surface area contributed by atoms with Crippen LogP contribution >= 0.6 is 0 Å². The largest absolute Gasteiger partial charge is 0.508 e. The number of carbonyl (C=O) groups is 4. The van der Waals surface area contributed by atoms with Gasteiger partial charge in [0, 0.05) is 87.9 Å². The van der Waals surface area contributed by atoms with Gasteiger partial charge in [0.15, 0.2) is 0 Å². The Labute approximate surface area is 361 Å². The summed E-state index contributed by atoms with van der Waals surface area (Å²) in [6.45, 7) is 12.6. The molecule has 8 rings (SSSR count). The minimum Gasteiger partial charge on any atom is -0.508 e. The number of para-hydroxylation sites is 1. The molecule has 0 spiro atoms. The number of pyridine rings is 1. The summed E-state index contributed by atoms with van der Waals surface area (Å²) in [5.74, 6) is 0.617. The van der Waals surface area contributed by atoms with Crippen LogP contribution in [0.2, 0.25) is 0 Å². The molecule has 62 heavy (non-hydrogen) atoms. The van der Waals surface area contributed by atoms with Gasteiger partial charge in [-0.05, 0) is 53.8 Å². The van der Waals surface area contributed by atoms with E-state index in [4.69, 9.17) is 0 Å². The first-order chi connectivity index (χ1) is 30.0. The van der Waals surface area contributed by atoms with E-state index in [1.165, 1.54) is 0 Å². The lowest BCUT2D eigenvalue weighted by Crippen LogP contribution is -2.75. The zero-order valence-corrected chi connectivity index (χ0v) is 35.2. The molecule has 0 saturated carbocycles. The molecule has 3 aliphatic rings. The molecule has 0 radical (unpaired) electrons. The van der Waals surface area contributed by atoms with Crippen LogP contribution in [0.25, 0.3) is 22.0 Å². The van der Waals surface area contributed by atoms with Crippen LogP contribution in [0.3, 0.4) is 0 Å². The average molecular weight is 836 g/mol. The normalized spacial score (nSPS) is 18.5. The smallest absolute Gasteiger partial charge is 0.246 e. The maximum Gasteiger partial charge on any atom is 0.246 e. The molecule has 3 saturated heterocycles. The molecule has 5 heterocycles. The highest BCUT2D eigenvalue weighted by atomic mass is 16.3. The van der Waals surface area contributed by atoms with Gasteiger partial charge in [0.05, 0.1) is 18.6 Å². The fraction of sp³-hybridized carbons (Fsp3) is 0.312. The third-order valence-corrected chi connectivity index (χ3v) is 12.2. The fourth-order valence-electron chi connectivity index (χ4n) is 9.09. The van der Waals surface area contributed by atoms with E-state index in [0.717, 1.165) is 38.7 Å². The lowest BCUT2D eigenvalue weighted by atomic mass is 9.96. The number of piperidine rings is 1. The molecule has 3 N–H and O–H groups in total. The summed E-state index contributed by atoms with van der Waals surface area (Å²) < 4.78 is 2.06. The second-order valence-electron chi connectivity index (χ2n) is 16.3. The molecule has 0 aliphatic carbocycles. The first kappa shape index (κ1) is 41.8. The van der Waals surface area contributed by atoms with E-state index in [-0.39, 0.29) is 61.4 Å². The van der Waals surface area contributed by atoms with Gasteiger partial charge in [-0.1, -0.05) is 73.3 Å². The lowest BCUT2D eigenvalue weighted by Gasteiger charge is -2.56. The second kappa shape index (κ2) is 18.0. The number of piperazine rings is 1. The van der Waals surface area contributed by atoms with E-state index < -0.39 is 12.2 Å². The molecule has 14 heteroatoms. The predicted molar refractivity (Wildman–Crippen MR) is 237 cm³/mol. The number of fused-ring (bicyclic) bond motifs is 2. The van der Waals surface area contributed by atoms with Crippen LogP contribution in [0.5, 0.6) is 5.75 Å². The van der Waals surface area contributed by atoms with Crippen molar-refractivity contribution < 1.29 is 24.3 Å². The number of benzene rings is 3. The first-order valence-corrected chi connectivity index (χ1v) is 21.1. The van der Waals surface area contributed by atoms with Crippen LogP contribution in [-0.4, -0.2) is 108 Å². The molecule has 0 unspecified atom stereocenters. The molecule has 320 valence electrons. The van der Waals surface area contributed by atoms with Gasteiger partial charge in [0.1, 0.15) is 29.6 Å². The summed E-state index contributed by atoms with van der Waals surface area (Å²) in [5.41, 5.74) is 5.62. The molecule has 5 aromatic rings. The van der Waals surface area contributed by atoms with Crippen LogP contribution in [0.1, 0.15) is 36.5 Å². The monoisotopic (exact) mass is 835 g/mol. The molecule has 2 atom stereocenters. The zero-order valence-electron chi connectivity index (χ0n) is 35.2. The summed E-state index contributed by atoms with van der Waals surface area (Å²) in [4.78, 5) is 63.8. The van der Waals surface area contributed by atoms with Crippen molar-refractivity contribution in [2.45, 2.75) is 51.5 Å². The summed E-state index contributed by atoms with van der Waals surface area (Å²) in [6.07, 6.45) is 6.49. The van der Waals surface area contributed by atoms with Crippen molar-refractivity contribution in [3.8, 4) is 16.9 Å². The van der Waals surface area contributed by atoms with E-state index in [1.54, 1.807) is 53.3 Å². The molecule has 4 amide bonds. The Balaban J connectivity index is 1.07. The molecule has 3 aliphatic heterocycles. The topological polar surface area (TPSA) is 147 Å². The molecule has 0 bridgehead atoms. The van der Waals surface area contributed by atoms with Crippen molar-refractivity contribution in [1.29, 1.82) is 0 Å². The van der Waals surface area contributed by atoms with E-state index >= 15 is 0 Å². The number of phenols is 1. The summed E-state index contributed by atoms with van der Waals surface area (Å²) in [5, 5.41) is 21.4. The summed E-state index contributed by atoms with van der Waals surface area (Å²) in [6, 6.07) is 25.8. The average Bonchev–Trinajstić information content (AvgIpc) is 3.62. The number of carbonyl (C=O) groups excluding carboxylic acids is 4. The Morgan fingerprint density at radius 2 is 1.71 bits per heavy atom. The van der Waals surface area contributed by atoms with E-state index in [0.29, 0.717) is 50.7 Å². The quantitative estimate of drug-likeness (QED) is 0.136. The Morgan fingerprint density at radius 3 is 2.40 bits per heavy atom. The number of likely N-dealkylation sites (tertiary alicyclic amines) is 1. The minimum atomic E-state index is -0.817. The number of aromatic nitrogens is 2. The number of hydrogen-bond acceptors (Lipinski definition) is 9. The van der Waals surface area contributed by atoms with Gasteiger partial charge in [-0.2, -0.15) is 0 Å². The van der Waals surface area contributed by atoms with Gasteiger partial charge in [0.2, 0.25) is 23.6 Å². The van der Waals surface area contributed by atoms with Crippen LogP contribution in [-0.2, 0) is 45.7 Å². The highest BCUT2D eigenvalue weighted by Gasteiger charge is 2.50. The maximum atomic E-state index is 14.8. The zero-order chi connectivity index (χ0) is 43.5. The third kappa shape index (κ3) is 8.64. The van der Waals surface area contributed by atoms with Gasteiger partial charge in [-0.25, -0.2) is 9.99 Å². The third-order valence-electron chi connectivity index (χ3n) is 12.2. The number of anilines is 1. The number of amides is 4. The van der Waals surface area contributed by atoms with Gasteiger partial charge < -0.3 is 35.0 Å². The second-order valence-corrected chi connectivity index (χ2v) is 16.3. The fourth-order valence-corrected chi connectivity index (χ4v) is 9.09. The Morgan fingerprint density at radius 1 is 0.952 bits per heavy atom. The van der Waals surface area contributed by atoms with Crippen molar-refractivity contribution in [3.05, 3.63) is 139 Å². The molecule has 3 aromatic carbocycles. The van der Waals surface area contributed by atoms with Gasteiger partial charge in [-0.3, -0.25) is 24.2 Å². The molecular formula is C48H53N9O5. The van der Waals surface area contributed by atoms with Gasteiger partial charge >= 0.3 is 0 Å². The number of rotatable bonds is 13. The van der Waals surface area contributed by atoms with Crippen LogP contribution in [0.15, 0.2) is 122 Å². The Kier molecular flexibility index (Phi) is 12.1. The Bertz CT molecular complexity index is 2480. The van der Waals surface area contributed by atoms with Crippen molar-refractivity contribution >= 4 is 40.3 Å². The molecule has 14 nitrogen and oxygen atoms in total. The number of aryl methyl sites for hydroxylation is 1. The van der Waals surface area contributed by atoms with Crippen molar-refractivity contribution in [3.63, 3.8) is 0 Å².